The largest absolute Gasteiger partial charge is 0.465 e. The van der Waals surface area contributed by atoms with Crippen molar-refractivity contribution in [1.82, 2.24) is 9.97 Å². The first kappa shape index (κ1) is 25.2. The third-order valence-electron chi connectivity index (χ3n) is 5.56. The van der Waals surface area contributed by atoms with Crippen LogP contribution in [0.15, 0.2) is 91.4 Å². The fourth-order valence-corrected chi connectivity index (χ4v) is 3.73. The summed E-state index contributed by atoms with van der Waals surface area (Å²) in [5.41, 5.74) is 2.26. The van der Waals surface area contributed by atoms with Crippen LogP contribution >= 0.6 is 0 Å². The third kappa shape index (κ3) is 5.84. The smallest absolute Gasteiger partial charge is 0.337 e. The highest BCUT2D eigenvalue weighted by Crippen LogP contribution is 2.31. The monoisotopic (exact) mass is 498 g/mol. The number of aromatic nitrogens is 2. The number of esters is 1. The molecule has 1 aromatic heterocycles. The van der Waals surface area contributed by atoms with Gasteiger partial charge in [-0.25, -0.2) is 14.2 Å². The van der Waals surface area contributed by atoms with Gasteiger partial charge >= 0.3 is 5.97 Å². The Balaban J connectivity index is 1.87. The maximum absolute atomic E-state index is 13.9. The number of anilines is 2. The lowest BCUT2D eigenvalue weighted by atomic mass is 10.0. The van der Waals surface area contributed by atoms with Crippen molar-refractivity contribution >= 4 is 29.2 Å². The Hall–Kier alpha value is -4.92. The Morgan fingerprint density at radius 2 is 1.70 bits per heavy atom. The summed E-state index contributed by atoms with van der Waals surface area (Å²) in [6.07, 6.45) is 4.09. The van der Waals surface area contributed by atoms with Crippen LogP contribution in [0.3, 0.4) is 0 Å². The molecule has 37 heavy (non-hydrogen) atoms. The van der Waals surface area contributed by atoms with Gasteiger partial charge in [-0.2, -0.15) is 0 Å². The molecule has 2 amide bonds. The van der Waals surface area contributed by atoms with E-state index in [1.807, 2.05) is 19.1 Å². The average molecular weight is 499 g/mol. The number of aryl methyl sites for hydroxylation is 1. The van der Waals surface area contributed by atoms with Gasteiger partial charge in [-0.3, -0.25) is 19.5 Å². The summed E-state index contributed by atoms with van der Waals surface area (Å²) in [6.45, 7) is 1.90. The number of methoxy groups -OCH3 is 1. The lowest BCUT2D eigenvalue weighted by Gasteiger charge is -2.31. The quantitative estimate of drug-likeness (QED) is 0.370. The molecule has 0 bridgehead atoms. The molecule has 1 N–H and O–H groups in total. The lowest BCUT2D eigenvalue weighted by molar-refractivity contribution is -0.117. The first-order valence-electron chi connectivity index (χ1n) is 11.3. The molecule has 9 heteroatoms. The predicted octanol–water partition coefficient (Wildman–Crippen LogP) is 4.74. The van der Waals surface area contributed by atoms with Crippen LogP contribution in [0.1, 0.15) is 38.0 Å². The molecule has 3 aromatic carbocycles. The van der Waals surface area contributed by atoms with Crippen molar-refractivity contribution in [3.05, 3.63) is 120 Å². The van der Waals surface area contributed by atoms with E-state index in [1.165, 1.54) is 60.9 Å². The van der Waals surface area contributed by atoms with Gasteiger partial charge < -0.3 is 10.1 Å². The molecule has 0 aliphatic rings. The van der Waals surface area contributed by atoms with Gasteiger partial charge in [0.15, 0.2) is 0 Å². The second-order valence-electron chi connectivity index (χ2n) is 8.12. The minimum atomic E-state index is -1.19. The number of nitrogens with one attached hydrogen (secondary N) is 1. The Morgan fingerprint density at radius 3 is 2.35 bits per heavy atom. The number of carbonyl (C=O) groups excluding carboxylic acids is 3. The van der Waals surface area contributed by atoms with Crippen molar-refractivity contribution in [3.8, 4) is 0 Å². The number of hydrogen-bond donors (Lipinski definition) is 1. The van der Waals surface area contributed by atoms with E-state index in [1.54, 1.807) is 30.3 Å². The summed E-state index contributed by atoms with van der Waals surface area (Å²) in [4.78, 5) is 49.2. The van der Waals surface area contributed by atoms with E-state index in [0.29, 0.717) is 11.3 Å². The highest BCUT2D eigenvalue weighted by atomic mass is 19.1. The average Bonchev–Trinajstić information content (AvgIpc) is 2.93. The fourth-order valence-electron chi connectivity index (χ4n) is 3.73. The van der Waals surface area contributed by atoms with E-state index < -0.39 is 29.6 Å². The number of nitrogens with zero attached hydrogens (tertiary/aromatic N) is 3. The van der Waals surface area contributed by atoms with Gasteiger partial charge in [-0.15, -0.1) is 0 Å². The zero-order valence-corrected chi connectivity index (χ0v) is 20.1. The van der Waals surface area contributed by atoms with Crippen molar-refractivity contribution in [2.75, 3.05) is 17.3 Å². The summed E-state index contributed by atoms with van der Waals surface area (Å²) in [5.74, 6) is -2.23. The lowest BCUT2D eigenvalue weighted by Crippen LogP contribution is -2.42. The molecule has 0 spiro atoms. The standard InChI is InChI=1S/C28H23FN4O4/c1-18-6-8-19(9-7-18)25(26(34)32-22-12-10-21(29)11-13-22)33(27(35)24-17-30-14-15-31-24)23-5-3-4-20(16-23)28(36)37-2/h3-17,25H,1-2H3,(H,32,34)/t25-/m1/s1. The first-order chi connectivity index (χ1) is 17.9. The van der Waals surface area contributed by atoms with Crippen LogP contribution in [0.25, 0.3) is 0 Å². The van der Waals surface area contributed by atoms with Gasteiger partial charge in [0.25, 0.3) is 11.8 Å². The Morgan fingerprint density at radius 1 is 0.973 bits per heavy atom. The number of amides is 2. The SMILES string of the molecule is COC(=O)c1cccc(N(C(=O)c2cnccn2)[C@@H](C(=O)Nc2ccc(F)cc2)c2ccc(C)cc2)c1. The van der Waals surface area contributed by atoms with Crippen molar-refractivity contribution in [1.29, 1.82) is 0 Å². The predicted molar refractivity (Wildman–Crippen MR) is 136 cm³/mol. The Labute approximate surface area is 212 Å². The van der Waals surface area contributed by atoms with Crippen LogP contribution in [0.4, 0.5) is 15.8 Å². The normalized spacial score (nSPS) is 11.3. The number of halogens is 1. The van der Waals surface area contributed by atoms with Crippen LogP contribution in [-0.4, -0.2) is 34.9 Å². The van der Waals surface area contributed by atoms with Gasteiger partial charge in [0, 0.05) is 23.8 Å². The van der Waals surface area contributed by atoms with E-state index in [9.17, 15) is 18.8 Å². The van der Waals surface area contributed by atoms with Crippen LogP contribution in [0.5, 0.6) is 0 Å². The van der Waals surface area contributed by atoms with Crippen molar-refractivity contribution in [3.63, 3.8) is 0 Å². The molecule has 0 aliphatic carbocycles. The van der Waals surface area contributed by atoms with Crippen LogP contribution < -0.4 is 10.2 Å². The van der Waals surface area contributed by atoms with Gasteiger partial charge in [-0.1, -0.05) is 35.9 Å². The van der Waals surface area contributed by atoms with E-state index >= 15 is 0 Å². The molecular weight excluding hydrogens is 475 g/mol. The molecule has 8 nitrogen and oxygen atoms in total. The molecule has 0 aliphatic heterocycles. The molecule has 1 heterocycles. The van der Waals surface area contributed by atoms with E-state index in [0.717, 1.165) is 5.56 Å². The number of hydrogen-bond acceptors (Lipinski definition) is 6. The maximum atomic E-state index is 13.9. The van der Waals surface area contributed by atoms with Crippen LogP contribution in [-0.2, 0) is 9.53 Å². The van der Waals surface area contributed by atoms with E-state index in [-0.39, 0.29) is 16.9 Å². The molecule has 4 aromatic rings. The molecule has 0 radical (unpaired) electrons. The van der Waals surface area contributed by atoms with Crippen molar-refractivity contribution in [2.45, 2.75) is 13.0 Å². The van der Waals surface area contributed by atoms with Crippen LogP contribution in [0.2, 0.25) is 0 Å². The summed E-state index contributed by atoms with van der Waals surface area (Å²) in [5, 5.41) is 2.76. The van der Waals surface area contributed by atoms with Crippen LogP contribution in [0, 0.1) is 12.7 Å². The molecule has 0 saturated heterocycles. The topological polar surface area (TPSA) is 101 Å². The minimum absolute atomic E-state index is 0.00216. The van der Waals surface area contributed by atoms with E-state index in [2.05, 4.69) is 15.3 Å². The molecule has 0 unspecified atom stereocenters. The van der Waals surface area contributed by atoms with Crippen molar-refractivity contribution < 1.29 is 23.5 Å². The molecule has 1 atom stereocenters. The number of benzene rings is 3. The van der Waals surface area contributed by atoms with Gasteiger partial charge in [-0.05, 0) is 55.0 Å². The summed E-state index contributed by atoms with van der Waals surface area (Å²) < 4.78 is 18.3. The summed E-state index contributed by atoms with van der Waals surface area (Å²) in [6, 6.07) is 17.4. The Bertz CT molecular complexity index is 1410. The number of rotatable bonds is 7. The molecule has 0 saturated carbocycles. The van der Waals surface area contributed by atoms with E-state index in [4.69, 9.17) is 4.74 Å². The Kier molecular flexibility index (Phi) is 7.63. The number of ether oxygens (including phenoxy) is 1. The fraction of sp³-hybridized carbons (Fsp3) is 0.107. The van der Waals surface area contributed by atoms with Gasteiger partial charge in [0.2, 0.25) is 0 Å². The second-order valence-corrected chi connectivity index (χ2v) is 8.12. The highest BCUT2D eigenvalue weighted by Gasteiger charge is 2.34. The molecular formula is C28H23FN4O4. The maximum Gasteiger partial charge on any atom is 0.337 e. The summed E-state index contributed by atoms with van der Waals surface area (Å²) in [7, 11) is 1.25. The van der Waals surface area contributed by atoms with Gasteiger partial charge in [0.1, 0.15) is 17.6 Å². The molecule has 4 rings (SSSR count). The number of carbonyl (C=O) groups is 3. The molecule has 0 fully saturated rings. The zero-order valence-electron chi connectivity index (χ0n) is 20.1. The van der Waals surface area contributed by atoms with Gasteiger partial charge in [0.05, 0.1) is 18.9 Å². The second kappa shape index (κ2) is 11.2. The van der Waals surface area contributed by atoms with Crippen molar-refractivity contribution in [2.24, 2.45) is 0 Å². The molecule has 186 valence electrons. The highest BCUT2D eigenvalue weighted by molar-refractivity contribution is 6.11. The minimum Gasteiger partial charge on any atom is -0.465 e. The zero-order chi connectivity index (χ0) is 26.4. The first-order valence-corrected chi connectivity index (χ1v) is 11.3. The third-order valence-corrected chi connectivity index (χ3v) is 5.56. The summed E-state index contributed by atoms with van der Waals surface area (Å²) >= 11 is 0.